The minimum atomic E-state index is -1.08. The molecule has 2 aliphatic rings. The van der Waals surface area contributed by atoms with E-state index in [1.807, 2.05) is 12.1 Å². The molecule has 2 heterocycles. The Morgan fingerprint density at radius 3 is 2.64 bits per heavy atom. The monoisotopic (exact) mass is 609 g/mol. The maximum absolute atomic E-state index is 13.3. The smallest absolute Gasteiger partial charge is 0.323 e. The number of carbonyl (C=O) groups is 3. The number of fused-ring (bicyclic) bond motifs is 1. The molecule has 0 saturated carbocycles. The summed E-state index contributed by atoms with van der Waals surface area (Å²) >= 11 is 1.49. The molecule has 2 atom stereocenters. The molecule has 1 saturated heterocycles. The largest absolute Gasteiger partial charge is 0.480 e. The number of halogens is 2. The van der Waals surface area contributed by atoms with Crippen molar-refractivity contribution in [2.24, 2.45) is 5.92 Å². The second kappa shape index (κ2) is 15.0. The van der Waals surface area contributed by atoms with Crippen molar-refractivity contribution in [3.63, 3.8) is 0 Å². The fourth-order valence-electron chi connectivity index (χ4n) is 4.10. The van der Waals surface area contributed by atoms with Gasteiger partial charge in [0.15, 0.2) is 0 Å². The van der Waals surface area contributed by atoms with Crippen molar-refractivity contribution in [1.29, 1.82) is 0 Å². The number of esters is 1. The van der Waals surface area contributed by atoms with Crippen LogP contribution in [0.4, 0.5) is 5.69 Å². The van der Waals surface area contributed by atoms with Crippen molar-refractivity contribution >= 4 is 69.3 Å². The highest BCUT2D eigenvalue weighted by atomic mass is 79.9. The summed E-state index contributed by atoms with van der Waals surface area (Å²) in [5.74, 6) is -0.819. The Kier molecular flexibility index (Phi) is 13.6. The summed E-state index contributed by atoms with van der Waals surface area (Å²) in [5.41, 5.74) is 0.589. The SMILES string of the molecule is Br.Br.CCOC(=O)[C@@H](CCC1CCNCC1)N[C@H]1CSc2ccccc2N(CC(=O)O)C1=O. The third-order valence-electron chi connectivity index (χ3n) is 5.71. The van der Waals surface area contributed by atoms with Crippen molar-refractivity contribution in [2.45, 2.75) is 49.6 Å². The van der Waals surface area contributed by atoms with E-state index in [9.17, 15) is 19.5 Å². The molecule has 3 rings (SSSR count). The molecule has 11 heteroatoms. The van der Waals surface area contributed by atoms with E-state index in [0.717, 1.165) is 37.2 Å². The lowest BCUT2D eigenvalue weighted by Gasteiger charge is -2.28. The number of hydrogen-bond acceptors (Lipinski definition) is 7. The van der Waals surface area contributed by atoms with Crippen LogP contribution in [0.3, 0.4) is 0 Å². The number of carboxylic acid groups (broad SMARTS) is 1. The minimum absolute atomic E-state index is 0. The van der Waals surface area contributed by atoms with E-state index in [1.165, 1.54) is 16.7 Å². The van der Waals surface area contributed by atoms with Gasteiger partial charge in [0.05, 0.1) is 18.3 Å². The zero-order valence-corrected chi connectivity index (χ0v) is 22.9. The molecule has 1 aromatic carbocycles. The standard InChI is InChI=1S/C22H31N3O5S.2BrH/c1-2-30-22(29)16(8-7-15-9-11-23-12-10-15)24-17-14-31-19-6-4-3-5-18(19)25(21(17)28)13-20(26)27;;/h3-6,15-17,23-24H,2,7-14H2,1H3,(H,26,27);2*1H/t16-,17+;;/m1../s1. The van der Waals surface area contributed by atoms with Crippen molar-refractivity contribution in [2.75, 3.05) is 36.9 Å². The van der Waals surface area contributed by atoms with Gasteiger partial charge in [-0.1, -0.05) is 12.1 Å². The van der Waals surface area contributed by atoms with Gasteiger partial charge in [0, 0.05) is 10.6 Å². The van der Waals surface area contributed by atoms with Crippen molar-refractivity contribution in [3.8, 4) is 0 Å². The first-order chi connectivity index (χ1) is 15.0. The lowest BCUT2D eigenvalue weighted by atomic mass is 9.91. The number of hydrogen-bond donors (Lipinski definition) is 3. The molecule has 2 aliphatic heterocycles. The van der Waals surface area contributed by atoms with Gasteiger partial charge < -0.3 is 15.2 Å². The number of aliphatic carboxylic acids is 1. The van der Waals surface area contributed by atoms with Crippen LogP contribution >= 0.6 is 45.7 Å². The summed E-state index contributed by atoms with van der Waals surface area (Å²) in [5, 5.41) is 15.9. The number of piperidine rings is 1. The number of carboxylic acids is 1. The predicted octanol–water partition coefficient (Wildman–Crippen LogP) is 3.04. The summed E-state index contributed by atoms with van der Waals surface area (Å²) in [7, 11) is 0. The Hall–Kier alpha value is -1.14. The first kappa shape index (κ1) is 29.9. The molecule has 1 fully saturated rings. The molecule has 0 aliphatic carbocycles. The maximum Gasteiger partial charge on any atom is 0.323 e. The van der Waals surface area contributed by atoms with Crippen LogP contribution in [0.25, 0.3) is 0 Å². The molecular weight excluding hydrogens is 578 g/mol. The van der Waals surface area contributed by atoms with Crippen LogP contribution in [0.15, 0.2) is 29.2 Å². The van der Waals surface area contributed by atoms with Gasteiger partial charge in [0.2, 0.25) is 5.91 Å². The number of nitrogens with zero attached hydrogens (tertiary/aromatic N) is 1. The van der Waals surface area contributed by atoms with E-state index in [0.29, 0.717) is 23.8 Å². The fourth-order valence-corrected chi connectivity index (χ4v) is 5.18. The Bertz CT molecular complexity index is 795. The third-order valence-corrected chi connectivity index (χ3v) is 6.87. The van der Waals surface area contributed by atoms with Gasteiger partial charge in [-0.05, 0) is 63.7 Å². The van der Waals surface area contributed by atoms with Crippen LogP contribution in [0.5, 0.6) is 0 Å². The fraction of sp³-hybridized carbons (Fsp3) is 0.591. The molecule has 186 valence electrons. The molecule has 8 nitrogen and oxygen atoms in total. The lowest BCUT2D eigenvalue weighted by Crippen LogP contribution is -2.54. The first-order valence-electron chi connectivity index (χ1n) is 10.9. The van der Waals surface area contributed by atoms with Crippen molar-refractivity contribution < 1.29 is 24.2 Å². The number of benzene rings is 1. The summed E-state index contributed by atoms with van der Waals surface area (Å²) in [6, 6.07) is 6.01. The van der Waals surface area contributed by atoms with Gasteiger partial charge in [-0.25, -0.2) is 0 Å². The average molecular weight is 611 g/mol. The zero-order valence-electron chi connectivity index (χ0n) is 18.7. The highest BCUT2D eigenvalue weighted by Crippen LogP contribution is 2.34. The number of anilines is 1. The number of ether oxygens (including phenoxy) is 1. The van der Waals surface area contributed by atoms with E-state index in [-0.39, 0.29) is 52.4 Å². The molecule has 0 aromatic heterocycles. The van der Waals surface area contributed by atoms with E-state index >= 15 is 0 Å². The molecule has 0 bridgehead atoms. The van der Waals surface area contributed by atoms with Gasteiger partial charge >= 0.3 is 11.9 Å². The molecule has 1 amide bonds. The summed E-state index contributed by atoms with van der Waals surface area (Å²) in [4.78, 5) is 39.5. The molecule has 0 spiro atoms. The Morgan fingerprint density at radius 1 is 1.27 bits per heavy atom. The van der Waals surface area contributed by atoms with Gasteiger partial charge in [0.1, 0.15) is 12.6 Å². The van der Waals surface area contributed by atoms with Crippen LogP contribution in [0.1, 0.15) is 32.6 Å². The number of thioether (sulfide) groups is 1. The predicted molar refractivity (Wildman–Crippen MR) is 140 cm³/mol. The summed E-state index contributed by atoms with van der Waals surface area (Å²) in [6.07, 6.45) is 3.63. The maximum atomic E-state index is 13.3. The van der Waals surface area contributed by atoms with E-state index < -0.39 is 24.6 Å². The molecule has 0 radical (unpaired) electrons. The van der Waals surface area contributed by atoms with Crippen molar-refractivity contribution in [1.82, 2.24) is 10.6 Å². The van der Waals surface area contributed by atoms with Crippen LogP contribution in [-0.2, 0) is 19.1 Å². The summed E-state index contributed by atoms with van der Waals surface area (Å²) in [6.45, 7) is 3.59. The lowest BCUT2D eigenvalue weighted by molar-refractivity contribution is -0.146. The molecule has 1 aromatic rings. The minimum Gasteiger partial charge on any atom is -0.480 e. The van der Waals surface area contributed by atoms with Gasteiger partial charge in [-0.15, -0.1) is 45.7 Å². The highest BCUT2D eigenvalue weighted by molar-refractivity contribution is 8.93. The van der Waals surface area contributed by atoms with Crippen LogP contribution < -0.4 is 15.5 Å². The van der Waals surface area contributed by atoms with E-state index in [4.69, 9.17) is 4.74 Å². The second-order valence-corrected chi connectivity index (χ2v) is 8.95. The quantitative estimate of drug-likeness (QED) is 0.366. The molecule has 33 heavy (non-hydrogen) atoms. The second-order valence-electron chi connectivity index (χ2n) is 7.89. The zero-order chi connectivity index (χ0) is 22.2. The topological polar surface area (TPSA) is 108 Å². The van der Waals surface area contributed by atoms with Crippen molar-refractivity contribution in [3.05, 3.63) is 24.3 Å². The van der Waals surface area contributed by atoms with Crippen LogP contribution in [0.2, 0.25) is 0 Å². The summed E-state index contributed by atoms with van der Waals surface area (Å²) < 4.78 is 5.27. The Morgan fingerprint density at radius 2 is 1.97 bits per heavy atom. The highest BCUT2D eigenvalue weighted by Gasteiger charge is 2.35. The molecule has 3 N–H and O–H groups in total. The van der Waals surface area contributed by atoms with Crippen LogP contribution in [-0.4, -0.2) is 67.0 Å². The van der Waals surface area contributed by atoms with Gasteiger partial charge in [-0.3, -0.25) is 24.6 Å². The first-order valence-corrected chi connectivity index (χ1v) is 11.9. The van der Waals surface area contributed by atoms with Gasteiger partial charge in [-0.2, -0.15) is 0 Å². The third kappa shape index (κ3) is 8.54. The normalized spacial score (nSPS) is 19.4. The molecular formula is C22H33Br2N3O5S. The number of nitrogens with one attached hydrogen (secondary N) is 2. The number of para-hydroxylation sites is 1. The van der Waals surface area contributed by atoms with E-state index in [1.54, 1.807) is 19.1 Å². The number of amides is 1. The van der Waals surface area contributed by atoms with Crippen LogP contribution in [0, 0.1) is 5.92 Å². The Labute approximate surface area is 220 Å². The van der Waals surface area contributed by atoms with E-state index in [2.05, 4.69) is 10.6 Å². The number of rotatable bonds is 9. The Balaban J connectivity index is 0.00000272. The number of carbonyl (C=O) groups excluding carboxylic acids is 2. The molecule has 0 unspecified atom stereocenters. The average Bonchev–Trinajstić information content (AvgIpc) is 2.89. The van der Waals surface area contributed by atoms with Gasteiger partial charge in [0.25, 0.3) is 0 Å².